The fourth-order valence-corrected chi connectivity index (χ4v) is 5.58. The minimum atomic E-state index is -0.206. The number of nitrogens with zero attached hydrogens (tertiary/aromatic N) is 3. The quantitative estimate of drug-likeness (QED) is 0.636. The van der Waals surface area contributed by atoms with Gasteiger partial charge in [-0.1, -0.05) is 30.3 Å². The van der Waals surface area contributed by atoms with Crippen molar-refractivity contribution < 1.29 is 13.9 Å². The van der Waals surface area contributed by atoms with Gasteiger partial charge in [0.05, 0.1) is 25.2 Å². The van der Waals surface area contributed by atoms with Gasteiger partial charge >= 0.3 is 0 Å². The predicted octanol–water partition coefficient (Wildman–Crippen LogP) is 2.53. The number of para-hydroxylation sites is 1. The average molecular weight is 467 g/mol. The Kier molecular flexibility index (Phi) is 7.42. The van der Waals surface area contributed by atoms with Gasteiger partial charge in [-0.25, -0.2) is 4.39 Å². The number of benzene rings is 2. The highest BCUT2D eigenvalue weighted by molar-refractivity contribution is 5.82. The molecule has 34 heavy (non-hydrogen) atoms. The summed E-state index contributed by atoms with van der Waals surface area (Å²) in [7, 11) is 0. The molecule has 2 fully saturated rings. The fourth-order valence-electron chi connectivity index (χ4n) is 5.58. The first kappa shape index (κ1) is 23.3. The molecule has 1 amide bonds. The maximum Gasteiger partial charge on any atom is 0.225 e. The summed E-state index contributed by atoms with van der Waals surface area (Å²) in [6.45, 7) is 8.71. The molecule has 182 valence electrons. The van der Waals surface area contributed by atoms with E-state index < -0.39 is 0 Å². The molecular formula is C27H35FN4O2. The van der Waals surface area contributed by atoms with Gasteiger partial charge in [0.25, 0.3) is 0 Å². The van der Waals surface area contributed by atoms with Crippen molar-refractivity contribution in [3.8, 4) is 0 Å². The number of piperazine rings is 1. The Balaban J connectivity index is 1.23. The van der Waals surface area contributed by atoms with Gasteiger partial charge < -0.3 is 15.0 Å². The van der Waals surface area contributed by atoms with Crippen molar-refractivity contribution in [3.05, 3.63) is 65.5 Å². The fraction of sp³-hybridized carbons (Fsp3) is 0.519. The smallest absolute Gasteiger partial charge is 0.225 e. The number of hydrogen-bond donors (Lipinski definition) is 1. The molecule has 3 aliphatic heterocycles. The van der Waals surface area contributed by atoms with Crippen LogP contribution >= 0.6 is 0 Å². The van der Waals surface area contributed by atoms with E-state index in [0.717, 1.165) is 77.4 Å². The lowest BCUT2D eigenvalue weighted by Crippen LogP contribution is -2.61. The van der Waals surface area contributed by atoms with Crippen molar-refractivity contribution in [1.82, 2.24) is 15.1 Å². The Morgan fingerprint density at radius 2 is 1.79 bits per heavy atom. The van der Waals surface area contributed by atoms with Gasteiger partial charge in [-0.15, -0.1) is 0 Å². The summed E-state index contributed by atoms with van der Waals surface area (Å²) in [5.41, 5.74) is 3.64. The maximum absolute atomic E-state index is 13.4. The number of halogens is 1. The molecule has 2 saturated heterocycles. The number of nitrogens with one attached hydrogen (secondary N) is 1. The second kappa shape index (κ2) is 10.8. The average Bonchev–Trinajstić information content (AvgIpc) is 2.88. The van der Waals surface area contributed by atoms with Gasteiger partial charge in [0, 0.05) is 51.5 Å². The molecule has 0 aliphatic carbocycles. The van der Waals surface area contributed by atoms with E-state index in [-0.39, 0.29) is 23.7 Å². The van der Waals surface area contributed by atoms with Gasteiger partial charge in [0.2, 0.25) is 5.91 Å². The molecule has 2 atom stereocenters. The molecule has 0 spiro atoms. The Morgan fingerprint density at radius 3 is 2.62 bits per heavy atom. The van der Waals surface area contributed by atoms with Crippen LogP contribution in [0.2, 0.25) is 0 Å². The van der Waals surface area contributed by atoms with Gasteiger partial charge in [-0.05, 0) is 48.7 Å². The molecule has 0 radical (unpaired) electrons. The highest BCUT2D eigenvalue weighted by Crippen LogP contribution is 2.36. The predicted molar refractivity (Wildman–Crippen MR) is 131 cm³/mol. The molecule has 2 aromatic rings. The first-order chi connectivity index (χ1) is 16.7. The third kappa shape index (κ3) is 5.43. The Bertz CT molecular complexity index is 963. The van der Waals surface area contributed by atoms with E-state index in [0.29, 0.717) is 6.54 Å². The minimum absolute atomic E-state index is 0.0747. The van der Waals surface area contributed by atoms with E-state index in [2.05, 4.69) is 44.3 Å². The third-order valence-electron chi connectivity index (χ3n) is 7.42. The number of rotatable bonds is 7. The number of carbonyl (C=O) groups is 1. The number of morpholine rings is 1. The molecular weight excluding hydrogens is 431 g/mol. The van der Waals surface area contributed by atoms with E-state index in [1.54, 1.807) is 0 Å². The standard InChI is InChI=1S/C27H35FN4O2/c28-23-8-6-21(7-9-23)19-31-12-13-32-25-5-2-1-4-22(25)18-24(26(32)20-31)27(33)29-10-3-11-30-14-16-34-17-15-30/h1-2,4-9,24,26H,3,10-20H2,(H,29,33)/t24-,26-/m0/s1. The van der Waals surface area contributed by atoms with E-state index in [1.165, 1.54) is 23.4 Å². The summed E-state index contributed by atoms with van der Waals surface area (Å²) in [6, 6.07) is 15.4. The van der Waals surface area contributed by atoms with Gasteiger partial charge in [-0.3, -0.25) is 14.6 Å². The van der Waals surface area contributed by atoms with Crippen LogP contribution in [0.15, 0.2) is 48.5 Å². The summed E-state index contributed by atoms with van der Waals surface area (Å²) in [5.74, 6) is -0.118. The lowest BCUT2D eigenvalue weighted by molar-refractivity contribution is -0.126. The van der Waals surface area contributed by atoms with Crippen LogP contribution in [0.1, 0.15) is 17.5 Å². The van der Waals surface area contributed by atoms with Crippen LogP contribution < -0.4 is 10.2 Å². The van der Waals surface area contributed by atoms with Crippen LogP contribution in [-0.4, -0.2) is 80.8 Å². The Morgan fingerprint density at radius 1 is 1.00 bits per heavy atom. The van der Waals surface area contributed by atoms with Crippen LogP contribution in [0, 0.1) is 11.7 Å². The highest BCUT2D eigenvalue weighted by Gasteiger charge is 2.41. The minimum Gasteiger partial charge on any atom is -0.379 e. The molecule has 7 heteroatoms. The topological polar surface area (TPSA) is 48.1 Å². The van der Waals surface area contributed by atoms with Crippen molar-refractivity contribution in [2.45, 2.75) is 25.4 Å². The number of ether oxygens (including phenoxy) is 1. The van der Waals surface area contributed by atoms with Crippen molar-refractivity contribution in [2.75, 3.05) is 63.9 Å². The van der Waals surface area contributed by atoms with Crippen molar-refractivity contribution in [1.29, 1.82) is 0 Å². The second-order valence-electron chi connectivity index (χ2n) is 9.66. The lowest BCUT2D eigenvalue weighted by Gasteiger charge is -2.49. The Labute approximate surface area is 201 Å². The SMILES string of the molecule is O=C(NCCCN1CCOCC1)[C@H]1Cc2ccccc2N2CCN(Cc3ccc(F)cc3)C[C@@H]12. The molecule has 6 nitrogen and oxygen atoms in total. The lowest BCUT2D eigenvalue weighted by atomic mass is 9.83. The number of carbonyl (C=O) groups excluding carboxylic acids is 1. The van der Waals surface area contributed by atoms with E-state index in [1.807, 2.05) is 12.1 Å². The molecule has 5 rings (SSSR count). The largest absolute Gasteiger partial charge is 0.379 e. The molecule has 0 unspecified atom stereocenters. The molecule has 3 heterocycles. The van der Waals surface area contributed by atoms with Gasteiger partial charge in [0.1, 0.15) is 5.82 Å². The number of hydrogen-bond acceptors (Lipinski definition) is 5. The maximum atomic E-state index is 13.4. The Hall–Kier alpha value is -2.48. The number of fused-ring (bicyclic) bond motifs is 3. The first-order valence-electron chi connectivity index (χ1n) is 12.6. The molecule has 0 aromatic heterocycles. The highest BCUT2D eigenvalue weighted by atomic mass is 19.1. The normalized spacial score (nSPS) is 23.3. The zero-order valence-corrected chi connectivity index (χ0v) is 19.8. The van der Waals surface area contributed by atoms with Gasteiger partial charge in [-0.2, -0.15) is 0 Å². The van der Waals surface area contributed by atoms with Crippen molar-refractivity contribution in [2.24, 2.45) is 5.92 Å². The van der Waals surface area contributed by atoms with E-state index in [9.17, 15) is 9.18 Å². The van der Waals surface area contributed by atoms with Crippen LogP contribution in [0.4, 0.5) is 10.1 Å². The summed E-state index contributed by atoms with van der Waals surface area (Å²) in [4.78, 5) is 20.6. The van der Waals surface area contributed by atoms with Gasteiger partial charge in [0.15, 0.2) is 0 Å². The summed E-state index contributed by atoms with van der Waals surface area (Å²) in [5, 5.41) is 3.24. The summed E-state index contributed by atoms with van der Waals surface area (Å²) < 4.78 is 18.7. The number of amides is 1. The van der Waals surface area contributed by atoms with Crippen molar-refractivity contribution in [3.63, 3.8) is 0 Å². The van der Waals surface area contributed by atoms with E-state index >= 15 is 0 Å². The first-order valence-corrected chi connectivity index (χ1v) is 12.6. The second-order valence-corrected chi connectivity index (χ2v) is 9.66. The summed E-state index contributed by atoms with van der Waals surface area (Å²) >= 11 is 0. The van der Waals surface area contributed by atoms with E-state index in [4.69, 9.17) is 4.74 Å². The van der Waals surface area contributed by atoms with Crippen molar-refractivity contribution >= 4 is 11.6 Å². The zero-order valence-electron chi connectivity index (χ0n) is 19.8. The van der Waals surface area contributed by atoms with Crippen LogP contribution in [0.5, 0.6) is 0 Å². The number of anilines is 1. The molecule has 0 saturated carbocycles. The molecule has 0 bridgehead atoms. The summed E-state index contributed by atoms with van der Waals surface area (Å²) in [6.07, 6.45) is 1.73. The third-order valence-corrected chi connectivity index (χ3v) is 7.42. The van der Waals surface area contributed by atoms with Crippen LogP contribution in [0.25, 0.3) is 0 Å². The monoisotopic (exact) mass is 466 g/mol. The molecule has 2 aromatic carbocycles. The zero-order chi connectivity index (χ0) is 23.3. The van der Waals surface area contributed by atoms with Crippen LogP contribution in [-0.2, 0) is 22.5 Å². The van der Waals surface area contributed by atoms with Crippen LogP contribution in [0.3, 0.4) is 0 Å². The molecule has 1 N–H and O–H groups in total. The molecule has 3 aliphatic rings.